The second-order valence-corrected chi connectivity index (χ2v) is 4.94. The number of rotatable bonds is 4. The smallest absolute Gasteiger partial charge is 0.239 e. The molecule has 0 spiro atoms. The van der Waals surface area contributed by atoms with E-state index >= 15 is 0 Å². The number of halogens is 1. The molecule has 0 aliphatic carbocycles. The van der Waals surface area contributed by atoms with E-state index in [1.54, 1.807) is 30.7 Å². The maximum absolute atomic E-state index is 13.5. The Bertz CT molecular complexity index is 758. The van der Waals surface area contributed by atoms with Crippen LogP contribution in [0.4, 0.5) is 10.2 Å². The lowest BCUT2D eigenvalue weighted by molar-refractivity contribution is -0.115. The van der Waals surface area contributed by atoms with Crippen LogP contribution in [0.25, 0.3) is 5.69 Å². The van der Waals surface area contributed by atoms with Crippen LogP contribution in [-0.4, -0.2) is 24.1 Å². The Morgan fingerprint density at radius 2 is 2.14 bits per heavy atom. The molecular formula is C16H17FN4O. The number of benzene rings is 1. The number of anilines is 1. The van der Waals surface area contributed by atoms with Gasteiger partial charge in [-0.3, -0.25) is 9.36 Å². The fraction of sp³-hybridized carbons (Fsp3) is 0.250. The maximum Gasteiger partial charge on any atom is 0.239 e. The van der Waals surface area contributed by atoms with Gasteiger partial charge in [-0.15, -0.1) is 0 Å². The first-order chi connectivity index (χ1) is 10.5. The van der Waals surface area contributed by atoms with Crippen LogP contribution in [-0.2, 0) is 4.79 Å². The van der Waals surface area contributed by atoms with Gasteiger partial charge in [-0.1, -0.05) is 6.07 Å². The molecule has 1 aromatic carbocycles. The average Bonchev–Trinajstić information content (AvgIpc) is 2.70. The zero-order valence-electron chi connectivity index (χ0n) is 12.7. The molecule has 0 radical (unpaired) electrons. The van der Waals surface area contributed by atoms with Crippen molar-refractivity contribution in [1.29, 1.82) is 5.26 Å². The predicted molar refractivity (Wildman–Crippen MR) is 82.5 cm³/mol. The molecule has 1 amide bonds. The number of likely N-dealkylation sites (N-methyl/N-ethyl adjacent to an activating group) is 1. The predicted octanol–water partition coefficient (Wildman–Crippen LogP) is 2.26. The molecule has 1 heterocycles. The van der Waals surface area contributed by atoms with Gasteiger partial charge >= 0.3 is 0 Å². The molecule has 0 unspecified atom stereocenters. The van der Waals surface area contributed by atoms with Crippen molar-refractivity contribution in [2.45, 2.75) is 13.8 Å². The molecule has 0 aliphatic rings. The van der Waals surface area contributed by atoms with E-state index in [1.165, 1.54) is 12.1 Å². The van der Waals surface area contributed by atoms with E-state index in [2.05, 4.69) is 16.7 Å². The number of nitriles is 1. The van der Waals surface area contributed by atoms with Gasteiger partial charge in [0.25, 0.3) is 0 Å². The molecule has 1 aromatic heterocycles. The number of hydrogen-bond acceptors (Lipinski definition) is 3. The summed E-state index contributed by atoms with van der Waals surface area (Å²) in [6.07, 6.45) is 0. The van der Waals surface area contributed by atoms with Crippen LogP contribution < -0.4 is 10.6 Å². The first kappa shape index (κ1) is 15.7. The molecule has 114 valence electrons. The number of aromatic nitrogens is 1. The van der Waals surface area contributed by atoms with E-state index in [4.69, 9.17) is 0 Å². The Morgan fingerprint density at radius 3 is 2.73 bits per heavy atom. The highest BCUT2D eigenvalue weighted by Gasteiger charge is 2.20. The highest BCUT2D eigenvalue weighted by molar-refractivity contribution is 5.93. The van der Waals surface area contributed by atoms with Gasteiger partial charge in [0, 0.05) is 5.69 Å². The molecule has 0 atom stereocenters. The fourth-order valence-corrected chi connectivity index (χ4v) is 2.34. The quantitative estimate of drug-likeness (QED) is 0.910. The van der Waals surface area contributed by atoms with E-state index in [9.17, 15) is 14.4 Å². The van der Waals surface area contributed by atoms with Gasteiger partial charge in [0.15, 0.2) is 0 Å². The molecule has 22 heavy (non-hydrogen) atoms. The summed E-state index contributed by atoms with van der Waals surface area (Å²) in [5, 5.41) is 14.9. The second kappa shape index (κ2) is 6.41. The maximum atomic E-state index is 13.5. The van der Waals surface area contributed by atoms with Crippen LogP contribution >= 0.6 is 0 Å². The van der Waals surface area contributed by atoms with E-state index < -0.39 is 0 Å². The normalized spacial score (nSPS) is 10.3. The van der Waals surface area contributed by atoms with E-state index in [0.29, 0.717) is 17.1 Å². The number of carbonyl (C=O) groups is 1. The van der Waals surface area contributed by atoms with Crippen molar-refractivity contribution in [2.24, 2.45) is 0 Å². The molecule has 0 aliphatic heterocycles. The monoisotopic (exact) mass is 300 g/mol. The summed E-state index contributed by atoms with van der Waals surface area (Å²) >= 11 is 0. The summed E-state index contributed by atoms with van der Waals surface area (Å²) in [6.45, 7) is 3.75. The van der Waals surface area contributed by atoms with Gasteiger partial charge in [-0.25, -0.2) is 4.39 Å². The van der Waals surface area contributed by atoms with Gasteiger partial charge < -0.3 is 10.6 Å². The molecule has 2 rings (SSSR count). The standard InChI is InChI=1S/C16H17FN4O/c1-10-11(2)21(13-6-4-5-12(17)7-13)16(14(10)8-18)20-15(22)9-19-3/h4-7,19H,9H2,1-3H3,(H,20,22). The largest absolute Gasteiger partial charge is 0.311 e. The van der Waals surface area contributed by atoms with Crippen molar-refractivity contribution >= 4 is 11.7 Å². The number of nitrogens with one attached hydrogen (secondary N) is 2. The van der Waals surface area contributed by atoms with Crippen LogP contribution in [0.1, 0.15) is 16.8 Å². The minimum absolute atomic E-state index is 0.122. The number of nitrogens with zero attached hydrogens (tertiary/aromatic N) is 2. The molecule has 6 heteroatoms. The van der Waals surface area contributed by atoms with E-state index in [-0.39, 0.29) is 18.3 Å². The number of hydrogen-bond donors (Lipinski definition) is 2. The third kappa shape index (κ3) is 2.85. The Morgan fingerprint density at radius 1 is 1.41 bits per heavy atom. The van der Waals surface area contributed by atoms with Gasteiger partial charge in [-0.2, -0.15) is 5.26 Å². The molecule has 0 fully saturated rings. The summed E-state index contributed by atoms with van der Waals surface area (Å²) in [7, 11) is 1.66. The van der Waals surface area contributed by atoms with Crippen molar-refractivity contribution in [2.75, 3.05) is 18.9 Å². The van der Waals surface area contributed by atoms with Crippen molar-refractivity contribution in [3.63, 3.8) is 0 Å². The van der Waals surface area contributed by atoms with Crippen LogP contribution in [0.5, 0.6) is 0 Å². The molecule has 2 N–H and O–H groups in total. The van der Waals surface area contributed by atoms with Crippen LogP contribution in [0.15, 0.2) is 24.3 Å². The highest BCUT2D eigenvalue weighted by Crippen LogP contribution is 2.30. The van der Waals surface area contributed by atoms with Gasteiger partial charge in [0.2, 0.25) is 5.91 Å². The van der Waals surface area contributed by atoms with Crippen LogP contribution in [0, 0.1) is 31.0 Å². The van der Waals surface area contributed by atoms with Gasteiger partial charge in [0.1, 0.15) is 17.7 Å². The van der Waals surface area contributed by atoms with Gasteiger partial charge in [-0.05, 0) is 44.7 Å². The lowest BCUT2D eigenvalue weighted by Crippen LogP contribution is -2.26. The SMILES string of the molecule is CNCC(=O)Nc1c(C#N)c(C)c(C)n1-c1cccc(F)c1. The topological polar surface area (TPSA) is 69.8 Å². The molecule has 0 saturated carbocycles. The summed E-state index contributed by atoms with van der Waals surface area (Å²) in [4.78, 5) is 11.9. The van der Waals surface area contributed by atoms with E-state index in [1.807, 2.05) is 6.92 Å². The summed E-state index contributed by atoms with van der Waals surface area (Å²) in [6, 6.07) is 8.13. The van der Waals surface area contributed by atoms with Crippen molar-refractivity contribution in [3.8, 4) is 11.8 Å². The average molecular weight is 300 g/mol. The van der Waals surface area contributed by atoms with Crippen molar-refractivity contribution in [3.05, 3.63) is 46.9 Å². The fourth-order valence-electron chi connectivity index (χ4n) is 2.34. The molecule has 5 nitrogen and oxygen atoms in total. The van der Waals surface area contributed by atoms with Crippen LogP contribution in [0.2, 0.25) is 0 Å². The minimum atomic E-state index is -0.380. The minimum Gasteiger partial charge on any atom is -0.311 e. The van der Waals surface area contributed by atoms with Crippen LogP contribution in [0.3, 0.4) is 0 Å². The first-order valence-corrected chi connectivity index (χ1v) is 6.82. The third-order valence-corrected chi connectivity index (χ3v) is 3.49. The second-order valence-electron chi connectivity index (χ2n) is 4.94. The molecule has 2 aromatic rings. The Kier molecular flexibility index (Phi) is 4.59. The Labute approximate surface area is 128 Å². The zero-order valence-corrected chi connectivity index (χ0v) is 12.7. The molecular weight excluding hydrogens is 283 g/mol. The number of amides is 1. The van der Waals surface area contributed by atoms with Gasteiger partial charge in [0.05, 0.1) is 17.8 Å². The summed E-state index contributed by atoms with van der Waals surface area (Å²) in [5.41, 5.74) is 2.47. The Balaban J connectivity index is 2.62. The lowest BCUT2D eigenvalue weighted by Gasteiger charge is -2.13. The lowest BCUT2D eigenvalue weighted by atomic mass is 10.2. The summed E-state index contributed by atoms with van der Waals surface area (Å²) in [5.74, 6) is -0.285. The van der Waals surface area contributed by atoms with Crippen molar-refractivity contribution < 1.29 is 9.18 Å². The third-order valence-electron chi connectivity index (χ3n) is 3.49. The number of carbonyl (C=O) groups excluding carboxylic acids is 1. The Hall–Kier alpha value is -2.65. The molecule has 0 bridgehead atoms. The van der Waals surface area contributed by atoms with Crippen molar-refractivity contribution in [1.82, 2.24) is 9.88 Å². The zero-order chi connectivity index (χ0) is 16.3. The first-order valence-electron chi connectivity index (χ1n) is 6.82. The summed E-state index contributed by atoms with van der Waals surface area (Å²) < 4.78 is 15.2. The van der Waals surface area contributed by atoms with E-state index in [0.717, 1.165) is 11.3 Å². The highest BCUT2D eigenvalue weighted by atomic mass is 19.1. The molecule has 0 saturated heterocycles.